The van der Waals surface area contributed by atoms with Gasteiger partial charge in [-0.05, 0) is 18.6 Å². The van der Waals surface area contributed by atoms with Crippen molar-refractivity contribution in [3.8, 4) is 0 Å². The zero-order chi connectivity index (χ0) is 8.72. The third-order valence-electron chi connectivity index (χ3n) is 1.98. The smallest absolute Gasteiger partial charge is 0.252 e. The maximum atomic E-state index is 11.3. The molecule has 1 heterocycles. The van der Waals surface area contributed by atoms with Gasteiger partial charge in [-0.3, -0.25) is 4.79 Å². The van der Waals surface area contributed by atoms with Crippen LogP contribution in [-0.4, -0.2) is 5.91 Å². The highest BCUT2D eigenvalue weighted by atomic mass is 127. The van der Waals surface area contributed by atoms with Gasteiger partial charge in [-0.2, -0.15) is 0 Å². The van der Waals surface area contributed by atoms with E-state index >= 15 is 0 Å². The van der Waals surface area contributed by atoms with Gasteiger partial charge in [0.1, 0.15) is 4.05 Å². The van der Waals surface area contributed by atoms with Gasteiger partial charge in [-0.25, -0.2) is 0 Å². The zero-order valence-corrected chi connectivity index (χ0v) is 8.75. The molecular weight excluding hydrogens is 265 g/mol. The number of carbonyl (C=O) groups is 1. The normalized spacial score (nSPS) is 20.5. The lowest BCUT2D eigenvalue weighted by Gasteiger charge is -2.00. The number of hydrogen-bond donors (Lipinski definition) is 1. The minimum atomic E-state index is 0.0492. The molecule has 2 rings (SSSR count). The molecule has 0 saturated carbocycles. The summed E-state index contributed by atoms with van der Waals surface area (Å²) < 4.78 is 0.144. The van der Waals surface area contributed by atoms with E-state index in [1.807, 2.05) is 25.1 Å². The summed E-state index contributed by atoms with van der Waals surface area (Å²) in [6.07, 6.45) is 0. The molecule has 2 nitrogen and oxygen atoms in total. The monoisotopic (exact) mass is 273 g/mol. The molecule has 1 aliphatic heterocycles. The van der Waals surface area contributed by atoms with Crippen molar-refractivity contribution in [2.45, 2.75) is 11.0 Å². The Hall–Kier alpha value is -0.580. The SMILES string of the molecule is Cc1ccc2c(c1)C(=O)NC2I. The summed E-state index contributed by atoms with van der Waals surface area (Å²) in [5.41, 5.74) is 3.06. The van der Waals surface area contributed by atoms with Crippen LogP contribution in [0.2, 0.25) is 0 Å². The Balaban J connectivity index is 2.60. The molecule has 3 heteroatoms. The molecule has 1 amide bonds. The number of hydrogen-bond acceptors (Lipinski definition) is 1. The third kappa shape index (κ3) is 1.12. The molecular formula is C9H8INO. The summed E-state index contributed by atoms with van der Waals surface area (Å²) in [5, 5.41) is 2.86. The molecule has 1 aromatic carbocycles. The molecule has 12 heavy (non-hydrogen) atoms. The van der Waals surface area contributed by atoms with E-state index < -0.39 is 0 Å². The molecule has 0 aliphatic carbocycles. The highest BCUT2D eigenvalue weighted by Gasteiger charge is 2.25. The topological polar surface area (TPSA) is 29.1 Å². The van der Waals surface area contributed by atoms with Gasteiger partial charge in [-0.1, -0.05) is 40.3 Å². The first-order chi connectivity index (χ1) is 5.68. The van der Waals surface area contributed by atoms with Crippen LogP contribution in [0.25, 0.3) is 0 Å². The lowest BCUT2D eigenvalue weighted by atomic mass is 10.1. The molecule has 1 atom stereocenters. The lowest BCUT2D eigenvalue weighted by Crippen LogP contribution is -2.14. The zero-order valence-electron chi connectivity index (χ0n) is 6.60. The van der Waals surface area contributed by atoms with Crippen LogP contribution in [-0.2, 0) is 0 Å². The number of alkyl halides is 1. The van der Waals surface area contributed by atoms with Gasteiger partial charge >= 0.3 is 0 Å². The fraction of sp³-hybridized carbons (Fsp3) is 0.222. The van der Waals surface area contributed by atoms with Crippen LogP contribution < -0.4 is 5.32 Å². The van der Waals surface area contributed by atoms with E-state index in [0.29, 0.717) is 0 Å². The summed E-state index contributed by atoms with van der Waals surface area (Å²) in [7, 11) is 0. The van der Waals surface area contributed by atoms with Crippen molar-refractivity contribution < 1.29 is 4.79 Å². The predicted molar refractivity (Wildman–Crippen MR) is 55.4 cm³/mol. The van der Waals surface area contributed by atoms with Gasteiger partial charge < -0.3 is 5.32 Å². The summed E-state index contributed by atoms with van der Waals surface area (Å²) >= 11 is 2.22. The predicted octanol–water partition coefficient (Wildman–Crippen LogP) is 2.17. The van der Waals surface area contributed by atoms with Crippen molar-refractivity contribution in [1.29, 1.82) is 0 Å². The van der Waals surface area contributed by atoms with Gasteiger partial charge in [0.2, 0.25) is 0 Å². The first-order valence-corrected chi connectivity index (χ1v) is 4.98. The Morgan fingerprint density at radius 3 is 3.00 bits per heavy atom. The van der Waals surface area contributed by atoms with Crippen molar-refractivity contribution in [3.63, 3.8) is 0 Å². The summed E-state index contributed by atoms with van der Waals surface area (Å²) in [6, 6.07) is 5.98. The Bertz CT molecular complexity index is 348. The Labute approximate surface area is 84.5 Å². The average Bonchev–Trinajstić information content (AvgIpc) is 2.28. The van der Waals surface area contributed by atoms with Crippen molar-refractivity contribution >= 4 is 28.5 Å². The number of aryl methyl sites for hydroxylation is 1. The molecule has 1 unspecified atom stereocenters. The first-order valence-electron chi connectivity index (χ1n) is 3.74. The first kappa shape index (κ1) is 8.04. The molecule has 62 valence electrons. The molecule has 1 aliphatic rings. The second-order valence-corrected chi connectivity index (χ2v) is 4.17. The lowest BCUT2D eigenvalue weighted by molar-refractivity contribution is 0.0966. The highest BCUT2D eigenvalue weighted by Crippen LogP contribution is 2.30. The van der Waals surface area contributed by atoms with Crippen LogP contribution in [0.15, 0.2) is 18.2 Å². The minimum Gasteiger partial charge on any atom is -0.336 e. The van der Waals surface area contributed by atoms with Crippen LogP contribution >= 0.6 is 22.6 Å². The van der Waals surface area contributed by atoms with E-state index in [1.54, 1.807) is 0 Å². The van der Waals surface area contributed by atoms with E-state index in [0.717, 1.165) is 16.7 Å². The summed E-state index contributed by atoms with van der Waals surface area (Å²) in [5.74, 6) is 0.0492. The third-order valence-corrected chi connectivity index (χ3v) is 2.97. The number of nitrogens with one attached hydrogen (secondary N) is 1. The minimum absolute atomic E-state index is 0.0492. The van der Waals surface area contributed by atoms with E-state index in [4.69, 9.17) is 0 Å². The number of fused-ring (bicyclic) bond motifs is 1. The van der Waals surface area contributed by atoms with Crippen molar-refractivity contribution in [2.24, 2.45) is 0 Å². The molecule has 0 fully saturated rings. The van der Waals surface area contributed by atoms with Crippen molar-refractivity contribution in [1.82, 2.24) is 5.32 Å². The van der Waals surface area contributed by atoms with Gasteiger partial charge in [0.05, 0.1) is 0 Å². The summed E-state index contributed by atoms with van der Waals surface area (Å²) in [6.45, 7) is 1.99. The fourth-order valence-electron chi connectivity index (χ4n) is 1.36. The largest absolute Gasteiger partial charge is 0.336 e. The highest BCUT2D eigenvalue weighted by molar-refractivity contribution is 14.1. The van der Waals surface area contributed by atoms with Crippen molar-refractivity contribution in [2.75, 3.05) is 0 Å². The van der Waals surface area contributed by atoms with Crippen LogP contribution in [0.5, 0.6) is 0 Å². The Morgan fingerprint density at radius 2 is 2.25 bits per heavy atom. The Morgan fingerprint density at radius 1 is 1.50 bits per heavy atom. The molecule has 0 spiro atoms. The van der Waals surface area contributed by atoms with Crippen LogP contribution in [0.4, 0.5) is 0 Å². The second-order valence-electron chi connectivity index (χ2n) is 2.93. The molecule has 0 bridgehead atoms. The van der Waals surface area contributed by atoms with Crippen LogP contribution in [0.1, 0.15) is 25.5 Å². The molecule has 0 aromatic heterocycles. The molecule has 0 radical (unpaired) electrons. The van der Waals surface area contributed by atoms with Gasteiger partial charge in [-0.15, -0.1) is 0 Å². The molecule has 1 aromatic rings. The number of amides is 1. The maximum Gasteiger partial charge on any atom is 0.252 e. The van der Waals surface area contributed by atoms with Crippen LogP contribution in [0.3, 0.4) is 0 Å². The van der Waals surface area contributed by atoms with E-state index in [1.165, 1.54) is 0 Å². The second kappa shape index (κ2) is 2.73. The van der Waals surface area contributed by atoms with E-state index in [-0.39, 0.29) is 9.96 Å². The van der Waals surface area contributed by atoms with Gasteiger partial charge in [0.15, 0.2) is 0 Å². The Kier molecular flexibility index (Phi) is 1.83. The van der Waals surface area contributed by atoms with E-state index in [9.17, 15) is 4.79 Å². The van der Waals surface area contributed by atoms with Crippen molar-refractivity contribution in [3.05, 3.63) is 34.9 Å². The van der Waals surface area contributed by atoms with Crippen LogP contribution in [0, 0.1) is 6.92 Å². The van der Waals surface area contributed by atoms with Gasteiger partial charge in [0.25, 0.3) is 5.91 Å². The number of carbonyl (C=O) groups excluding carboxylic acids is 1. The number of halogens is 1. The van der Waals surface area contributed by atoms with E-state index in [2.05, 4.69) is 27.9 Å². The van der Waals surface area contributed by atoms with Gasteiger partial charge in [0, 0.05) is 5.56 Å². The number of rotatable bonds is 0. The fourth-order valence-corrected chi connectivity index (χ4v) is 2.18. The summed E-state index contributed by atoms with van der Waals surface area (Å²) in [4.78, 5) is 11.3. The molecule has 0 saturated heterocycles. The maximum absolute atomic E-state index is 11.3. The molecule has 1 N–H and O–H groups in total. The quantitative estimate of drug-likeness (QED) is 0.438. The standard InChI is InChI=1S/C9H8INO/c1-5-2-3-6-7(4-5)9(12)11-8(6)10/h2-4,8H,1H3,(H,11,12). The number of benzene rings is 1. The average molecular weight is 273 g/mol.